The molecular weight excluding hydrogens is 350 g/mol. The van der Waals surface area contributed by atoms with E-state index in [-0.39, 0.29) is 11.7 Å². The first kappa shape index (κ1) is 18.7. The molecule has 0 saturated carbocycles. The third kappa shape index (κ3) is 4.10. The van der Waals surface area contributed by atoms with Crippen molar-refractivity contribution in [3.63, 3.8) is 0 Å². The largest absolute Gasteiger partial charge is 0.349 e. The molecule has 1 amide bonds. The zero-order valence-electron chi connectivity index (χ0n) is 16.1. The molecular formula is C22H27N5O. The summed E-state index contributed by atoms with van der Waals surface area (Å²) in [6.07, 6.45) is 9.19. The third-order valence-corrected chi connectivity index (χ3v) is 5.85. The summed E-state index contributed by atoms with van der Waals surface area (Å²) in [7, 11) is 0. The number of amides is 1. The van der Waals surface area contributed by atoms with Crippen LogP contribution in [0.4, 0.5) is 5.69 Å². The van der Waals surface area contributed by atoms with Crippen LogP contribution in [0.5, 0.6) is 0 Å². The van der Waals surface area contributed by atoms with Crippen LogP contribution in [0, 0.1) is 11.3 Å². The van der Waals surface area contributed by atoms with Crippen molar-refractivity contribution in [1.29, 1.82) is 5.26 Å². The minimum Gasteiger partial charge on any atom is -0.349 e. The highest BCUT2D eigenvalue weighted by atomic mass is 16.2. The van der Waals surface area contributed by atoms with E-state index >= 15 is 0 Å². The number of carbonyl (C=O) groups excluding carboxylic acids is 1. The van der Waals surface area contributed by atoms with Gasteiger partial charge in [0.25, 0.3) is 5.91 Å². The number of nitriles is 1. The normalized spacial score (nSPS) is 22.6. The van der Waals surface area contributed by atoms with Gasteiger partial charge in [-0.05, 0) is 80.8 Å². The van der Waals surface area contributed by atoms with Gasteiger partial charge in [-0.2, -0.15) is 5.26 Å². The second-order valence-electron chi connectivity index (χ2n) is 7.77. The lowest BCUT2D eigenvalue weighted by atomic mass is 9.86. The Morgan fingerprint density at radius 2 is 2.11 bits per heavy atom. The van der Waals surface area contributed by atoms with Crippen molar-refractivity contribution in [3.05, 3.63) is 35.4 Å². The maximum Gasteiger partial charge on any atom is 0.290 e. The minimum atomic E-state index is -0.413. The zero-order chi connectivity index (χ0) is 19.3. The van der Waals surface area contributed by atoms with Crippen LogP contribution in [-0.2, 0) is 4.79 Å². The van der Waals surface area contributed by atoms with E-state index in [1.54, 1.807) is 0 Å². The second-order valence-corrected chi connectivity index (χ2v) is 7.77. The fourth-order valence-electron chi connectivity index (χ4n) is 4.26. The molecule has 28 heavy (non-hydrogen) atoms. The Morgan fingerprint density at radius 3 is 2.82 bits per heavy atom. The highest BCUT2D eigenvalue weighted by Crippen LogP contribution is 2.35. The number of piperidine rings is 1. The number of rotatable bonds is 4. The van der Waals surface area contributed by atoms with Crippen LogP contribution in [0.2, 0.25) is 0 Å². The average Bonchev–Trinajstić information content (AvgIpc) is 3.25. The average molecular weight is 377 g/mol. The van der Waals surface area contributed by atoms with Crippen LogP contribution < -0.4 is 16.0 Å². The third-order valence-electron chi connectivity index (χ3n) is 5.85. The number of nitrogens with zero attached hydrogens (tertiary/aromatic N) is 2. The Bertz CT molecular complexity index is 845. The van der Waals surface area contributed by atoms with Gasteiger partial charge in [-0.1, -0.05) is 12.1 Å². The lowest BCUT2D eigenvalue weighted by Gasteiger charge is -2.25. The maximum absolute atomic E-state index is 12.7. The first-order valence-electron chi connectivity index (χ1n) is 10.3. The van der Waals surface area contributed by atoms with Crippen LogP contribution in [-0.4, -0.2) is 37.4 Å². The SMILES string of the molecule is N#CC1CN=C(C(=O)Nc2ccc(C3CCNCC3)cc2C2=CCCCC2)N1. The molecule has 0 bridgehead atoms. The summed E-state index contributed by atoms with van der Waals surface area (Å²) < 4.78 is 0. The Morgan fingerprint density at radius 1 is 1.25 bits per heavy atom. The van der Waals surface area contributed by atoms with E-state index in [4.69, 9.17) is 5.26 Å². The molecule has 6 nitrogen and oxygen atoms in total. The number of nitrogens with one attached hydrogen (secondary N) is 3. The smallest absolute Gasteiger partial charge is 0.290 e. The van der Waals surface area contributed by atoms with Crippen LogP contribution >= 0.6 is 0 Å². The van der Waals surface area contributed by atoms with Gasteiger partial charge >= 0.3 is 0 Å². The first-order chi connectivity index (χ1) is 13.7. The Hall–Kier alpha value is -2.65. The number of aliphatic imine (C=N–C) groups is 1. The molecule has 1 aliphatic carbocycles. The summed E-state index contributed by atoms with van der Waals surface area (Å²) in [6, 6.07) is 8.16. The molecule has 1 unspecified atom stereocenters. The second kappa shape index (κ2) is 8.57. The molecule has 2 heterocycles. The summed E-state index contributed by atoms with van der Waals surface area (Å²) in [5.41, 5.74) is 4.66. The summed E-state index contributed by atoms with van der Waals surface area (Å²) in [4.78, 5) is 16.8. The van der Waals surface area contributed by atoms with E-state index in [1.165, 1.54) is 24.0 Å². The molecule has 0 aromatic heterocycles. The fraction of sp³-hybridized carbons (Fsp3) is 0.500. The number of hydrogen-bond donors (Lipinski definition) is 3. The van der Waals surface area contributed by atoms with Gasteiger partial charge in [0.2, 0.25) is 0 Å². The number of carbonyl (C=O) groups is 1. The molecule has 2 aliphatic heterocycles. The van der Waals surface area contributed by atoms with E-state index in [9.17, 15) is 4.79 Å². The predicted molar refractivity (Wildman–Crippen MR) is 111 cm³/mol. The number of allylic oxidation sites excluding steroid dienone is 2. The van der Waals surface area contributed by atoms with Gasteiger partial charge in [-0.25, -0.2) is 0 Å². The molecule has 0 radical (unpaired) electrons. The van der Waals surface area contributed by atoms with E-state index in [0.29, 0.717) is 12.5 Å². The van der Waals surface area contributed by atoms with Crippen LogP contribution in [0.3, 0.4) is 0 Å². The first-order valence-corrected chi connectivity index (χ1v) is 10.3. The van der Waals surface area contributed by atoms with Crippen LogP contribution in [0.1, 0.15) is 55.6 Å². The summed E-state index contributed by atoms with van der Waals surface area (Å²) in [5.74, 6) is 0.550. The number of anilines is 1. The molecule has 3 aliphatic rings. The van der Waals surface area contributed by atoms with Gasteiger partial charge < -0.3 is 16.0 Å². The minimum absolute atomic E-state index is 0.248. The molecule has 1 aromatic carbocycles. The summed E-state index contributed by atoms with van der Waals surface area (Å²) >= 11 is 0. The maximum atomic E-state index is 12.7. The monoisotopic (exact) mass is 377 g/mol. The van der Waals surface area contributed by atoms with E-state index in [1.807, 2.05) is 6.07 Å². The topological polar surface area (TPSA) is 89.3 Å². The van der Waals surface area contributed by atoms with E-state index in [0.717, 1.165) is 50.0 Å². The van der Waals surface area contributed by atoms with E-state index < -0.39 is 6.04 Å². The van der Waals surface area contributed by atoms with Gasteiger partial charge in [0, 0.05) is 11.3 Å². The van der Waals surface area contributed by atoms with Crippen molar-refractivity contribution in [2.45, 2.75) is 50.5 Å². The van der Waals surface area contributed by atoms with Crippen molar-refractivity contribution >= 4 is 23.0 Å². The zero-order valence-corrected chi connectivity index (χ0v) is 16.1. The molecule has 1 aromatic rings. The van der Waals surface area contributed by atoms with Gasteiger partial charge in [0.1, 0.15) is 6.04 Å². The molecule has 4 rings (SSSR count). The summed E-state index contributed by atoms with van der Waals surface area (Å²) in [5, 5.41) is 18.3. The van der Waals surface area contributed by atoms with Gasteiger partial charge in [-0.15, -0.1) is 0 Å². The van der Waals surface area contributed by atoms with Crippen LogP contribution in [0.25, 0.3) is 5.57 Å². The molecule has 146 valence electrons. The van der Waals surface area contributed by atoms with Gasteiger partial charge in [-0.3, -0.25) is 9.79 Å². The van der Waals surface area contributed by atoms with Crippen molar-refractivity contribution in [2.75, 3.05) is 25.0 Å². The summed E-state index contributed by atoms with van der Waals surface area (Å²) in [6.45, 7) is 2.45. The standard InChI is InChI=1S/C22H27N5O/c23-13-18-14-25-21(26-18)22(28)27-20-7-6-17(15-8-10-24-11-9-15)12-19(20)16-4-2-1-3-5-16/h4,6-7,12,15,18,24H,1-3,5,8-11,14H2,(H,25,26)(H,27,28). The quantitative estimate of drug-likeness (QED) is 0.753. The van der Waals surface area contributed by atoms with E-state index in [2.05, 4.69) is 45.2 Å². The lowest BCUT2D eigenvalue weighted by Crippen LogP contribution is -2.37. The number of hydrogen-bond acceptors (Lipinski definition) is 5. The Labute approximate surface area is 166 Å². The van der Waals surface area contributed by atoms with Crippen LogP contribution in [0.15, 0.2) is 29.3 Å². The van der Waals surface area contributed by atoms with Crippen molar-refractivity contribution in [2.24, 2.45) is 4.99 Å². The fourth-order valence-corrected chi connectivity index (χ4v) is 4.26. The van der Waals surface area contributed by atoms with Crippen molar-refractivity contribution in [1.82, 2.24) is 10.6 Å². The highest BCUT2D eigenvalue weighted by molar-refractivity contribution is 6.42. The molecule has 6 heteroatoms. The Kier molecular flexibility index (Phi) is 5.73. The molecule has 0 spiro atoms. The Balaban J connectivity index is 1.59. The number of benzene rings is 1. The number of amidine groups is 1. The van der Waals surface area contributed by atoms with Crippen molar-refractivity contribution < 1.29 is 4.79 Å². The molecule has 1 atom stereocenters. The molecule has 3 N–H and O–H groups in total. The molecule has 1 saturated heterocycles. The van der Waals surface area contributed by atoms with Gasteiger partial charge in [0.15, 0.2) is 5.84 Å². The van der Waals surface area contributed by atoms with Crippen molar-refractivity contribution in [3.8, 4) is 6.07 Å². The molecule has 1 fully saturated rings. The van der Waals surface area contributed by atoms with Gasteiger partial charge in [0.05, 0.1) is 12.6 Å². The lowest BCUT2D eigenvalue weighted by molar-refractivity contribution is -0.110. The predicted octanol–water partition coefficient (Wildman–Crippen LogP) is 2.94. The highest BCUT2D eigenvalue weighted by Gasteiger charge is 2.24.